The summed E-state index contributed by atoms with van der Waals surface area (Å²) in [7, 11) is 0. The molecule has 0 spiro atoms. The molecule has 1 aromatic carbocycles. The van der Waals surface area contributed by atoms with Crippen molar-refractivity contribution in [3.05, 3.63) is 70.6 Å². The topological polar surface area (TPSA) is 58.0 Å². The minimum absolute atomic E-state index is 0.298. The molecule has 3 aromatic rings. The molecule has 118 valence electrons. The molecule has 1 N–H and O–H groups in total. The van der Waals surface area contributed by atoms with E-state index in [0.717, 1.165) is 31.1 Å². The maximum absolute atomic E-state index is 5.31. The molecule has 0 fully saturated rings. The van der Waals surface area contributed by atoms with E-state index in [0.29, 0.717) is 5.92 Å². The molecule has 5 heteroatoms. The molecule has 0 saturated carbocycles. The predicted molar refractivity (Wildman–Crippen MR) is 87.0 cm³/mol. The largest absolute Gasteiger partial charge is 0.361 e. The van der Waals surface area contributed by atoms with E-state index in [1.807, 2.05) is 13.8 Å². The lowest BCUT2D eigenvalue weighted by Crippen LogP contribution is -2.34. The van der Waals surface area contributed by atoms with Crippen LogP contribution in [-0.4, -0.2) is 26.6 Å². The Kier molecular flexibility index (Phi) is 3.50. The Bertz CT molecular complexity index is 786. The van der Waals surface area contributed by atoms with Crippen LogP contribution in [0.15, 0.2) is 41.2 Å². The van der Waals surface area contributed by atoms with Gasteiger partial charge in [0.1, 0.15) is 5.76 Å². The first-order valence-corrected chi connectivity index (χ1v) is 7.93. The fourth-order valence-corrected chi connectivity index (χ4v) is 3.41. The first-order valence-electron chi connectivity index (χ1n) is 7.93. The Morgan fingerprint density at radius 1 is 1.26 bits per heavy atom. The lowest BCUT2D eigenvalue weighted by molar-refractivity contribution is 0.226. The summed E-state index contributed by atoms with van der Waals surface area (Å²) in [6, 6.07) is 10.6. The van der Waals surface area contributed by atoms with Crippen LogP contribution in [0.4, 0.5) is 0 Å². The third-order valence-electron chi connectivity index (χ3n) is 4.67. The molecule has 1 aliphatic rings. The number of hydrogen-bond donors (Lipinski definition) is 1. The summed E-state index contributed by atoms with van der Waals surface area (Å²) in [5.74, 6) is 1.21. The second-order valence-corrected chi connectivity index (χ2v) is 6.20. The van der Waals surface area contributed by atoms with Crippen molar-refractivity contribution in [3.63, 3.8) is 0 Å². The molecule has 0 bridgehead atoms. The number of benzene rings is 1. The van der Waals surface area contributed by atoms with Crippen molar-refractivity contribution in [1.29, 1.82) is 0 Å². The third kappa shape index (κ3) is 2.57. The van der Waals surface area contributed by atoms with E-state index in [2.05, 4.69) is 50.4 Å². The summed E-state index contributed by atoms with van der Waals surface area (Å²) < 4.78 is 5.31. The number of rotatable bonds is 3. The molecule has 3 heterocycles. The summed E-state index contributed by atoms with van der Waals surface area (Å²) in [5.41, 5.74) is 5.86. The number of nitrogens with zero attached hydrogens (tertiary/aromatic N) is 3. The first kappa shape index (κ1) is 14.2. The van der Waals surface area contributed by atoms with Crippen LogP contribution in [0, 0.1) is 13.8 Å². The number of hydrogen-bond acceptors (Lipinski definition) is 4. The number of imidazole rings is 1. The minimum Gasteiger partial charge on any atom is -0.361 e. The number of aromatic amines is 1. The van der Waals surface area contributed by atoms with E-state index < -0.39 is 0 Å². The van der Waals surface area contributed by atoms with Gasteiger partial charge in [-0.15, -0.1) is 0 Å². The van der Waals surface area contributed by atoms with Gasteiger partial charge in [0.05, 0.1) is 23.4 Å². The Hall–Kier alpha value is -2.40. The molecule has 1 aliphatic heterocycles. The van der Waals surface area contributed by atoms with Crippen LogP contribution in [0.3, 0.4) is 0 Å². The van der Waals surface area contributed by atoms with E-state index in [4.69, 9.17) is 4.52 Å². The van der Waals surface area contributed by atoms with Gasteiger partial charge < -0.3 is 9.51 Å². The standard InChI is InChI=1S/C18H20N4O/c1-12-15(13(2)23-21-12)8-22-9-16(14-6-4-3-5-7-14)18-17(10-22)19-11-20-18/h3-7,11,16H,8-10H2,1-2H3,(H,19,20). The lowest BCUT2D eigenvalue weighted by Gasteiger charge is -2.32. The summed E-state index contributed by atoms with van der Waals surface area (Å²) in [5, 5.41) is 4.07. The smallest absolute Gasteiger partial charge is 0.138 e. The van der Waals surface area contributed by atoms with Crippen molar-refractivity contribution >= 4 is 0 Å². The van der Waals surface area contributed by atoms with Crippen LogP contribution < -0.4 is 0 Å². The number of aromatic nitrogens is 3. The Morgan fingerprint density at radius 2 is 2.09 bits per heavy atom. The second kappa shape index (κ2) is 5.66. The van der Waals surface area contributed by atoms with Gasteiger partial charge in [-0.3, -0.25) is 4.90 Å². The van der Waals surface area contributed by atoms with Crippen molar-refractivity contribution in [3.8, 4) is 0 Å². The number of H-pyrrole nitrogens is 1. The van der Waals surface area contributed by atoms with E-state index >= 15 is 0 Å². The van der Waals surface area contributed by atoms with E-state index in [9.17, 15) is 0 Å². The molecule has 5 nitrogen and oxygen atoms in total. The van der Waals surface area contributed by atoms with Gasteiger partial charge in [-0.1, -0.05) is 35.5 Å². The van der Waals surface area contributed by atoms with Crippen molar-refractivity contribution in [2.75, 3.05) is 6.54 Å². The highest BCUT2D eigenvalue weighted by atomic mass is 16.5. The minimum atomic E-state index is 0.298. The molecule has 0 aliphatic carbocycles. The Balaban J connectivity index is 1.65. The van der Waals surface area contributed by atoms with Crippen LogP contribution in [-0.2, 0) is 13.1 Å². The zero-order chi connectivity index (χ0) is 15.8. The summed E-state index contributed by atoms with van der Waals surface area (Å²) in [6.07, 6.45) is 1.81. The number of aryl methyl sites for hydroxylation is 2. The van der Waals surface area contributed by atoms with Crippen molar-refractivity contribution < 1.29 is 4.52 Å². The third-order valence-corrected chi connectivity index (χ3v) is 4.67. The summed E-state index contributed by atoms with van der Waals surface area (Å²) in [4.78, 5) is 10.3. The lowest BCUT2D eigenvalue weighted by atomic mass is 9.90. The second-order valence-electron chi connectivity index (χ2n) is 6.20. The Morgan fingerprint density at radius 3 is 2.83 bits per heavy atom. The molecule has 0 saturated heterocycles. The average molecular weight is 308 g/mol. The highest BCUT2D eigenvalue weighted by molar-refractivity contribution is 5.33. The SMILES string of the molecule is Cc1noc(C)c1CN1Cc2[nH]cnc2C(c2ccccc2)C1. The molecule has 23 heavy (non-hydrogen) atoms. The summed E-state index contributed by atoms with van der Waals surface area (Å²) in [6.45, 7) is 6.67. The molecule has 2 aromatic heterocycles. The molecule has 0 radical (unpaired) electrons. The first-order chi connectivity index (χ1) is 11.2. The van der Waals surface area contributed by atoms with Crippen LogP contribution in [0.1, 0.15) is 39.9 Å². The van der Waals surface area contributed by atoms with Crippen molar-refractivity contribution in [2.45, 2.75) is 32.9 Å². The summed E-state index contributed by atoms with van der Waals surface area (Å²) >= 11 is 0. The number of nitrogens with one attached hydrogen (secondary N) is 1. The monoisotopic (exact) mass is 308 g/mol. The fraction of sp³-hybridized carbons (Fsp3) is 0.333. The zero-order valence-corrected chi connectivity index (χ0v) is 13.4. The highest BCUT2D eigenvalue weighted by Gasteiger charge is 2.29. The highest BCUT2D eigenvalue weighted by Crippen LogP contribution is 2.32. The van der Waals surface area contributed by atoms with Crippen LogP contribution >= 0.6 is 0 Å². The molecule has 1 atom stereocenters. The maximum Gasteiger partial charge on any atom is 0.138 e. The van der Waals surface area contributed by atoms with Crippen LogP contribution in [0.2, 0.25) is 0 Å². The van der Waals surface area contributed by atoms with E-state index in [1.165, 1.54) is 22.5 Å². The number of fused-ring (bicyclic) bond motifs is 1. The predicted octanol–water partition coefficient (Wildman–Crippen LogP) is 3.16. The molecule has 1 unspecified atom stereocenters. The van der Waals surface area contributed by atoms with Gasteiger partial charge >= 0.3 is 0 Å². The fourth-order valence-electron chi connectivity index (χ4n) is 3.41. The van der Waals surface area contributed by atoms with E-state index in [1.54, 1.807) is 6.33 Å². The van der Waals surface area contributed by atoms with Gasteiger partial charge in [0.2, 0.25) is 0 Å². The van der Waals surface area contributed by atoms with E-state index in [-0.39, 0.29) is 0 Å². The van der Waals surface area contributed by atoms with Crippen molar-refractivity contribution in [2.24, 2.45) is 0 Å². The maximum atomic E-state index is 5.31. The molecule has 4 rings (SSSR count). The van der Waals surface area contributed by atoms with Crippen LogP contribution in [0.25, 0.3) is 0 Å². The van der Waals surface area contributed by atoms with Crippen molar-refractivity contribution in [1.82, 2.24) is 20.0 Å². The average Bonchev–Trinajstić information content (AvgIpc) is 3.16. The van der Waals surface area contributed by atoms with Gasteiger partial charge in [-0.25, -0.2) is 4.98 Å². The Labute approximate surface area is 135 Å². The van der Waals surface area contributed by atoms with Gasteiger partial charge in [-0.05, 0) is 19.4 Å². The van der Waals surface area contributed by atoms with Crippen LogP contribution in [0.5, 0.6) is 0 Å². The van der Waals surface area contributed by atoms with Gasteiger partial charge in [0, 0.05) is 31.1 Å². The van der Waals surface area contributed by atoms with Gasteiger partial charge in [0.25, 0.3) is 0 Å². The van der Waals surface area contributed by atoms with Gasteiger partial charge in [0.15, 0.2) is 0 Å². The normalized spacial score (nSPS) is 18.1. The molecule has 0 amide bonds. The zero-order valence-electron chi connectivity index (χ0n) is 13.4. The quantitative estimate of drug-likeness (QED) is 0.807. The molecular formula is C18H20N4O. The molecular weight excluding hydrogens is 288 g/mol. The van der Waals surface area contributed by atoms with Gasteiger partial charge in [-0.2, -0.15) is 0 Å².